The molecule has 0 radical (unpaired) electrons. The Balaban J connectivity index is 2.44. The van der Waals surface area contributed by atoms with Crippen LogP contribution < -0.4 is 10.1 Å². The summed E-state index contributed by atoms with van der Waals surface area (Å²) in [6, 6.07) is 0.876. The van der Waals surface area contributed by atoms with Crippen molar-refractivity contribution in [1.29, 1.82) is 0 Å². The van der Waals surface area contributed by atoms with Gasteiger partial charge in [0.2, 0.25) is 0 Å². The Kier molecular flexibility index (Phi) is 5.77. The molecule has 8 heteroatoms. The van der Waals surface area contributed by atoms with Crippen molar-refractivity contribution in [3.8, 4) is 11.5 Å². The number of benzene rings is 1. The Bertz CT molecular complexity index is 785. The monoisotopic (exact) mass is 380 g/mol. The fraction of sp³-hybridized carbons (Fsp3) is 0.526. The molecule has 0 aliphatic carbocycles. The van der Waals surface area contributed by atoms with Crippen LogP contribution in [-0.2, 0) is 9.53 Å². The maximum atomic E-state index is 14.1. The van der Waals surface area contributed by atoms with E-state index in [0.29, 0.717) is 0 Å². The lowest BCUT2D eigenvalue weighted by molar-refractivity contribution is -0.156. The third-order valence-electron chi connectivity index (χ3n) is 4.74. The van der Waals surface area contributed by atoms with Gasteiger partial charge in [0.15, 0.2) is 17.3 Å². The van der Waals surface area contributed by atoms with Gasteiger partial charge in [-0.1, -0.05) is 20.8 Å². The maximum absolute atomic E-state index is 14.1. The van der Waals surface area contributed by atoms with Gasteiger partial charge in [0.05, 0.1) is 13.2 Å². The van der Waals surface area contributed by atoms with E-state index in [1.807, 2.05) is 20.8 Å². The van der Waals surface area contributed by atoms with Crippen LogP contribution in [0, 0.1) is 17.2 Å². The average Bonchev–Trinajstić information content (AvgIpc) is 2.55. The number of esters is 1. The zero-order valence-corrected chi connectivity index (χ0v) is 16.3. The predicted molar refractivity (Wildman–Crippen MR) is 97.5 cm³/mol. The number of hydrogen-bond donors (Lipinski definition) is 2. The number of carbonyl (C=O) groups excluding carboxylic acids is 2. The van der Waals surface area contributed by atoms with Crippen molar-refractivity contribution in [3.63, 3.8) is 0 Å². The number of phenols is 1. The van der Waals surface area contributed by atoms with E-state index in [9.17, 15) is 19.1 Å². The summed E-state index contributed by atoms with van der Waals surface area (Å²) in [7, 11) is 1.28. The molecule has 0 aromatic heterocycles. The summed E-state index contributed by atoms with van der Waals surface area (Å²) >= 11 is 0. The lowest BCUT2D eigenvalue weighted by Crippen LogP contribution is -2.45. The minimum absolute atomic E-state index is 0.102. The van der Waals surface area contributed by atoms with Crippen LogP contribution in [0.4, 0.5) is 9.18 Å². The Morgan fingerprint density at radius 2 is 2.00 bits per heavy atom. The number of hydrogen-bond acceptors (Lipinski definition) is 5. The highest BCUT2D eigenvalue weighted by Crippen LogP contribution is 2.36. The molecule has 0 spiro atoms. The fourth-order valence-corrected chi connectivity index (χ4v) is 2.66. The number of aliphatic imine (C=N–C) groups is 1. The van der Waals surface area contributed by atoms with Crippen LogP contribution in [0.2, 0.25) is 0 Å². The molecule has 2 rings (SSSR count). The Labute approximate surface area is 157 Å². The van der Waals surface area contributed by atoms with Gasteiger partial charge in [0.25, 0.3) is 0 Å². The summed E-state index contributed by atoms with van der Waals surface area (Å²) < 4.78 is 24.6. The molecule has 148 valence electrons. The minimum Gasteiger partial charge on any atom is -0.502 e. The van der Waals surface area contributed by atoms with Gasteiger partial charge in [-0.2, -0.15) is 0 Å². The Hall–Kier alpha value is -2.64. The van der Waals surface area contributed by atoms with Gasteiger partial charge in [-0.25, -0.2) is 14.2 Å². The average molecular weight is 380 g/mol. The Morgan fingerprint density at radius 3 is 2.56 bits per heavy atom. The van der Waals surface area contributed by atoms with Crippen molar-refractivity contribution in [2.24, 2.45) is 16.3 Å². The van der Waals surface area contributed by atoms with Crippen LogP contribution in [0.5, 0.6) is 11.5 Å². The van der Waals surface area contributed by atoms with E-state index in [2.05, 4.69) is 10.3 Å². The first kappa shape index (κ1) is 20.7. The normalized spacial score (nSPS) is 21.1. The SMILES string of the molecule is COc1cc(C2NC(=O)N=C(C)C2C(=O)OC(C)C(C)(C)C)cc(F)c1O. The zero-order valence-electron chi connectivity index (χ0n) is 16.3. The van der Waals surface area contributed by atoms with E-state index in [1.54, 1.807) is 13.8 Å². The first-order chi connectivity index (χ1) is 12.5. The van der Waals surface area contributed by atoms with E-state index < -0.39 is 35.5 Å². The number of aromatic hydroxyl groups is 1. The van der Waals surface area contributed by atoms with Crippen LogP contribution in [-0.4, -0.2) is 36.0 Å². The Morgan fingerprint density at radius 1 is 1.37 bits per heavy atom. The second kappa shape index (κ2) is 7.54. The van der Waals surface area contributed by atoms with Crippen molar-refractivity contribution in [3.05, 3.63) is 23.5 Å². The van der Waals surface area contributed by atoms with Crippen molar-refractivity contribution >= 4 is 17.7 Å². The van der Waals surface area contributed by atoms with E-state index in [-0.39, 0.29) is 28.5 Å². The van der Waals surface area contributed by atoms with Crippen LogP contribution >= 0.6 is 0 Å². The molecule has 7 nitrogen and oxygen atoms in total. The second-order valence-corrected chi connectivity index (χ2v) is 7.66. The van der Waals surface area contributed by atoms with E-state index in [0.717, 1.165) is 6.07 Å². The molecular weight excluding hydrogens is 355 g/mol. The number of urea groups is 1. The number of nitrogens with one attached hydrogen (secondary N) is 1. The van der Waals surface area contributed by atoms with Gasteiger partial charge in [0, 0.05) is 5.71 Å². The van der Waals surface area contributed by atoms with Crippen LogP contribution in [0.3, 0.4) is 0 Å². The summed E-state index contributed by atoms with van der Waals surface area (Å²) in [6.45, 7) is 9.14. The number of rotatable bonds is 4. The van der Waals surface area contributed by atoms with E-state index >= 15 is 0 Å². The fourth-order valence-electron chi connectivity index (χ4n) is 2.66. The van der Waals surface area contributed by atoms with Crippen molar-refractivity contribution in [2.75, 3.05) is 7.11 Å². The summed E-state index contributed by atoms with van der Waals surface area (Å²) in [4.78, 5) is 28.5. The molecule has 2 amide bonds. The standard InChI is InChI=1S/C19H25FN2O5/c1-9-14(17(24)27-10(2)19(3,4)5)15(22-18(25)21-9)11-7-12(20)16(23)13(8-11)26-6/h7-8,10,14-15,23H,1-6H3,(H,22,25). The van der Waals surface area contributed by atoms with Crippen molar-refractivity contribution in [2.45, 2.75) is 46.8 Å². The molecule has 0 saturated heterocycles. The summed E-state index contributed by atoms with van der Waals surface area (Å²) in [5, 5.41) is 12.3. The highest BCUT2D eigenvalue weighted by Gasteiger charge is 2.40. The molecular formula is C19H25FN2O5. The number of ether oxygens (including phenoxy) is 2. The topological polar surface area (TPSA) is 97.2 Å². The minimum atomic E-state index is -0.929. The molecule has 0 bridgehead atoms. The van der Waals surface area contributed by atoms with Crippen molar-refractivity contribution < 1.29 is 28.6 Å². The number of nitrogens with zero attached hydrogens (tertiary/aromatic N) is 1. The molecule has 2 N–H and O–H groups in total. The van der Waals surface area contributed by atoms with Gasteiger partial charge in [-0.05, 0) is 37.0 Å². The first-order valence-corrected chi connectivity index (χ1v) is 8.58. The first-order valence-electron chi connectivity index (χ1n) is 8.58. The molecule has 1 aromatic carbocycles. The smallest absolute Gasteiger partial charge is 0.341 e. The number of halogens is 1. The lowest BCUT2D eigenvalue weighted by atomic mass is 9.87. The number of phenolic OH excluding ortho intramolecular Hbond substituents is 1. The van der Waals surface area contributed by atoms with Crippen LogP contribution in [0.1, 0.15) is 46.2 Å². The zero-order chi connectivity index (χ0) is 20.5. The number of carbonyl (C=O) groups is 2. The lowest BCUT2D eigenvalue weighted by Gasteiger charge is -2.33. The molecule has 27 heavy (non-hydrogen) atoms. The van der Waals surface area contributed by atoms with Gasteiger partial charge in [-0.15, -0.1) is 0 Å². The number of amides is 2. The quantitative estimate of drug-likeness (QED) is 0.781. The maximum Gasteiger partial charge on any atom is 0.341 e. The molecule has 1 aromatic rings. The number of methoxy groups -OCH3 is 1. The van der Waals surface area contributed by atoms with Gasteiger partial charge >= 0.3 is 12.0 Å². The largest absolute Gasteiger partial charge is 0.502 e. The van der Waals surface area contributed by atoms with Crippen molar-refractivity contribution in [1.82, 2.24) is 5.32 Å². The summed E-state index contributed by atoms with van der Waals surface area (Å²) in [5.41, 5.74) is 0.250. The third-order valence-corrected chi connectivity index (χ3v) is 4.74. The third kappa shape index (κ3) is 4.37. The highest BCUT2D eigenvalue weighted by atomic mass is 19.1. The van der Waals surface area contributed by atoms with E-state index in [1.165, 1.54) is 13.2 Å². The van der Waals surface area contributed by atoms with Gasteiger partial charge < -0.3 is 19.9 Å². The summed E-state index contributed by atoms with van der Waals surface area (Å²) in [5.74, 6) is -3.17. The van der Waals surface area contributed by atoms with Crippen LogP contribution in [0.15, 0.2) is 17.1 Å². The second-order valence-electron chi connectivity index (χ2n) is 7.66. The van der Waals surface area contributed by atoms with E-state index in [4.69, 9.17) is 9.47 Å². The molecule has 3 unspecified atom stereocenters. The van der Waals surface area contributed by atoms with Crippen LogP contribution in [0.25, 0.3) is 0 Å². The molecule has 0 saturated carbocycles. The van der Waals surface area contributed by atoms with Gasteiger partial charge in [-0.3, -0.25) is 4.79 Å². The molecule has 1 aliphatic heterocycles. The highest BCUT2D eigenvalue weighted by molar-refractivity contribution is 6.08. The predicted octanol–water partition coefficient (Wildman–Crippen LogP) is 3.36. The van der Waals surface area contributed by atoms with Gasteiger partial charge in [0.1, 0.15) is 12.0 Å². The molecule has 1 heterocycles. The molecule has 0 fully saturated rings. The summed E-state index contributed by atoms with van der Waals surface area (Å²) in [6.07, 6.45) is -0.387. The molecule has 3 atom stereocenters. The molecule has 1 aliphatic rings.